The van der Waals surface area contributed by atoms with Crippen molar-refractivity contribution in [1.29, 1.82) is 0 Å². The van der Waals surface area contributed by atoms with Crippen LogP contribution in [0.1, 0.15) is 42.5 Å². The van der Waals surface area contributed by atoms with E-state index in [2.05, 4.69) is 15.6 Å². The fourth-order valence-electron chi connectivity index (χ4n) is 3.30. The number of thiazole rings is 1. The minimum Gasteiger partial charge on any atom is -0.367 e. The third-order valence-corrected chi connectivity index (χ3v) is 5.96. The number of unbranched alkanes of at least 4 members (excludes halogenated alkanes) is 2. The van der Waals surface area contributed by atoms with Crippen molar-refractivity contribution in [2.45, 2.75) is 51.4 Å². The van der Waals surface area contributed by atoms with Crippen LogP contribution in [0.5, 0.6) is 0 Å². The zero-order valence-corrected chi connectivity index (χ0v) is 19.7. The number of carbonyl (C=O) groups excluding carboxylic acids is 2. The van der Waals surface area contributed by atoms with Gasteiger partial charge in [0, 0.05) is 11.9 Å². The summed E-state index contributed by atoms with van der Waals surface area (Å²) in [5.41, 5.74) is 8.19. The van der Waals surface area contributed by atoms with Gasteiger partial charge in [-0.05, 0) is 42.5 Å². The normalized spacial score (nSPS) is 11.7. The second-order valence-corrected chi connectivity index (χ2v) is 8.72. The second kappa shape index (κ2) is 13.4. The van der Waals surface area contributed by atoms with Crippen LogP contribution in [-0.4, -0.2) is 23.0 Å². The van der Waals surface area contributed by atoms with Crippen LogP contribution in [0.25, 0.3) is 0 Å². The molecular formula is C25H29FN4O3S. The molecule has 0 aliphatic rings. The summed E-state index contributed by atoms with van der Waals surface area (Å²) in [5.74, 6) is -0.813. The van der Waals surface area contributed by atoms with E-state index in [1.807, 2.05) is 35.7 Å². The van der Waals surface area contributed by atoms with E-state index in [0.717, 1.165) is 42.5 Å². The molecule has 1 unspecified atom stereocenters. The molecule has 2 aromatic carbocycles. The lowest BCUT2D eigenvalue weighted by molar-refractivity contribution is -0.130. The number of carbonyl (C=O) groups is 2. The van der Waals surface area contributed by atoms with Gasteiger partial charge >= 0.3 is 6.03 Å². The van der Waals surface area contributed by atoms with E-state index in [0.29, 0.717) is 18.1 Å². The number of halogens is 1. The maximum atomic E-state index is 13.0. The Morgan fingerprint density at radius 2 is 1.79 bits per heavy atom. The van der Waals surface area contributed by atoms with Crippen molar-refractivity contribution in [3.8, 4) is 0 Å². The lowest BCUT2D eigenvalue weighted by Crippen LogP contribution is -2.31. The summed E-state index contributed by atoms with van der Waals surface area (Å²) < 4.78 is 18.6. The average molecular weight is 485 g/mol. The quantitative estimate of drug-likeness (QED) is 0.304. The number of hydrogen-bond acceptors (Lipinski definition) is 5. The number of amides is 3. The molecule has 3 amide bonds. The first-order valence-corrected chi connectivity index (χ1v) is 12.1. The minimum atomic E-state index is -0.672. The van der Waals surface area contributed by atoms with Gasteiger partial charge in [0.2, 0.25) is 5.91 Å². The van der Waals surface area contributed by atoms with Crippen LogP contribution in [0, 0.1) is 5.82 Å². The number of aromatic nitrogens is 1. The van der Waals surface area contributed by atoms with Crippen LogP contribution < -0.4 is 16.4 Å². The van der Waals surface area contributed by atoms with E-state index in [9.17, 15) is 14.0 Å². The Kier molecular flexibility index (Phi) is 9.99. The minimum absolute atomic E-state index is 0.210. The molecule has 9 heteroatoms. The number of primary amides is 1. The number of hydrogen-bond donors (Lipinski definition) is 3. The summed E-state index contributed by atoms with van der Waals surface area (Å²) in [4.78, 5) is 28.2. The van der Waals surface area contributed by atoms with Crippen molar-refractivity contribution in [2.24, 2.45) is 5.73 Å². The van der Waals surface area contributed by atoms with Crippen LogP contribution in [0.3, 0.4) is 0 Å². The summed E-state index contributed by atoms with van der Waals surface area (Å²) in [6.07, 6.45) is 3.21. The summed E-state index contributed by atoms with van der Waals surface area (Å²) in [7, 11) is 0. The van der Waals surface area contributed by atoms with Crippen molar-refractivity contribution in [3.05, 3.63) is 82.6 Å². The summed E-state index contributed by atoms with van der Waals surface area (Å²) in [6.45, 7) is 0.659. The van der Waals surface area contributed by atoms with Gasteiger partial charge in [-0.3, -0.25) is 10.1 Å². The highest BCUT2D eigenvalue weighted by atomic mass is 32.1. The first-order chi connectivity index (χ1) is 16.5. The van der Waals surface area contributed by atoms with Crippen molar-refractivity contribution >= 4 is 28.4 Å². The molecule has 0 spiro atoms. The zero-order chi connectivity index (χ0) is 24.2. The fourth-order valence-corrected chi connectivity index (χ4v) is 4.04. The Morgan fingerprint density at radius 3 is 2.53 bits per heavy atom. The standard InChI is InChI=1S/C25H29FN4O3S/c26-20-13-11-19(12-14-20)16-33-22(23(27)31)10-6-2-5-9-21-17-34-25(29-21)30-24(32)28-15-18-7-3-1-4-8-18/h1,3-4,7-8,11-14,17,22H,2,5-6,9-10,15-16H2,(H2,27,31)(H2,28,29,30,32). The Bertz CT molecular complexity index is 1040. The fraction of sp³-hybridized carbons (Fsp3) is 0.320. The number of benzene rings is 2. The first-order valence-electron chi connectivity index (χ1n) is 11.2. The van der Waals surface area contributed by atoms with Crippen molar-refractivity contribution in [2.75, 3.05) is 5.32 Å². The smallest absolute Gasteiger partial charge is 0.321 e. The molecule has 0 bridgehead atoms. The molecule has 3 rings (SSSR count). The molecule has 0 aliphatic heterocycles. The number of anilines is 1. The highest BCUT2D eigenvalue weighted by molar-refractivity contribution is 7.13. The molecule has 0 saturated heterocycles. The van der Waals surface area contributed by atoms with Crippen LogP contribution in [0.15, 0.2) is 60.0 Å². The monoisotopic (exact) mass is 484 g/mol. The highest BCUT2D eigenvalue weighted by Crippen LogP contribution is 2.18. The average Bonchev–Trinajstić information content (AvgIpc) is 3.28. The van der Waals surface area contributed by atoms with E-state index in [1.165, 1.54) is 23.5 Å². The Labute approximate surface area is 202 Å². The lowest BCUT2D eigenvalue weighted by atomic mass is 10.1. The molecular weight excluding hydrogens is 455 g/mol. The summed E-state index contributed by atoms with van der Waals surface area (Å²) >= 11 is 1.39. The van der Waals surface area contributed by atoms with E-state index in [1.54, 1.807) is 12.1 Å². The largest absolute Gasteiger partial charge is 0.367 e. The van der Waals surface area contributed by atoms with Gasteiger partial charge in [0.25, 0.3) is 0 Å². The van der Waals surface area contributed by atoms with Crippen LogP contribution in [0.4, 0.5) is 14.3 Å². The number of nitrogens with zero attached hydrogens (tertiary/aromatic N) is 1. The second-order valence-electron chi connectivity index (χ2n) is 7.87. The topological polar surface area (TPSA) is 106 Å². The third kappa shape index (κ3) is 8.92. The van der Waals surface area contributed by atoms with Crippen molar-refractivity contribution in [3.63, 3.8) is 0 Å². The molecule has 0 saturated carbocycles. The van der Waals surface area contributed by atoms with E-state index in [-0.39, 0.29) is 18.5 Å². The number of nitrogens with two attached hydrogens (primary N) is 1. The first kappa shape index (κ1) is 25.3. The molecule has 3 aromatic rings. The van der Waals surface area contributed by atoms with Gasteiger partial charge in [0.1, 0.15) is 11.9 Å². The van der Waals surface area contributed by atoms with E-state index in [4.69, 9.17) is 10.5 Å². The van der Waals surface area contributed by atoms with Gasteiger partial charge in [-0.2, -0.15) is 0 Å². The van der Waals surface area contributed by atoms with E-state index >= 15 is 0 Å². The number of nitrogens with one attached hydrogen (secondary N) is 2. The number of aryl methyl sites for hydroxylation is 1. The zero-order valence-electron chi connectivity index (χ0n) is 18.8. The predicted molar refractivity (Wildman–Crippen MR) is 131 cm³/mol. The third-order valence-electron chi connectivity index (χ3n) is 5.15. The molecule has 0 radical (unpaired) electrons. The molecule has 1 aromatic heterocycles. The molecule has 0 aliphatic carbocycles. The Hall–Kier alpha value is -3.30. The van der Waals surface area contributed by atoms with Crippen LogP contribution in [-0.2, 0) is 29.1 Å². The highest BCUT2D eigenvalue weighted by Gasteiger charge is 2.15. The SMILES string of the molecule is NC(=O)C(CCCCCc1csc(NC(=O)NCc2ccccc2)n1)OCc1ccc(F)cc1. The molecule has 0 fully saturated rings. The van der Waals surface area contributed by atoms with Gasteiger partial charge in [-0.15, -0.1) is 11.3 Å². The molecule has 1 atom stereocenters. The number of urea groups is 1. The summed E-state index contributed by atoms with van der Waals surface area (Å²) in [5, 5.41) is 8.06. The van der Waals surface area contributed by atoms with Gasteiger partial charge in [-0.25, -0.2) is 14.2 Å². The number of ether oxygens (including phenoxy) is 1. The molecule has 1 heterocycles. The van der Waals surface area contributed by atoms with Gasteiger partial charge in [0.05, 0.1) is 12.3 Å². The van der Waals surface area contributed by atoms with Crippen LogP contribution in [0.2, 0.25) is 0 Å². The van der Waals surface area contributed by atoms with Gasteiger partial charge < -0.3 is 15.8 Å². The Balaban J connectivity index is 1.31. The molecule has 180 valence electrons. The van der Waals surface area contributed by atoms with Crippen molar-refractivity contribution < 1.29 is 18.7 Å². The van der Waals surface area contributed by atoms with Gasteiger partial charge in [0.15, 0.2) is 5.13 Å². The maximum absolute atomic E-state index is 13.0. The van der Waals surface area contributed by atoms with Crippen LogP contribution >= 0.6 is 11.3 Å². The lowest BCUT2D eigenvalue weighted by Gasteiger charge is -2.14. The Morgan fingerprint density at radius 1 is 1.03 bits per heavy atom. The molecule has 34 heavy (non-hydrogen) atoms. The number of rotatable bonds is 13. The molecule has 4 N–H and O–H groups in total. The predicted octanol–water partition coefficient (Wildman–Crippen LogP) is 4.78. The maximum Gasteiger partial charge on any atom is 0.321 e. The summed E-state index contributed by atoms with van der Waals surface area (Å²) in [6, 6.07) is 15.4. The molecule has 7 nitrogen and oxygen atoms in total. The van der Waals surface area contributed by atoms with Gasteiger partial charge in [-0.1, -0.05) is 55.3 Å². The van der Waals surface area contributed by atoms with Crippen molar-refractivity contribution in [1.82, 2.24) is 10.3 Å². The van der Waals surface area contributed by atoms with E-state index < -0.39 is 12.0 Å².